The molecule has 0 aliphatic heterocycles. The number of anilines is 2. The smallest absolute Gasteiger partial charge is 0.125 e. The van der Waals surface area contributed by atoms with E-state index in [4.69, 9.17) is 0 Å². The fourth-order valence-corrected chi connectivity index (χ4v) is 2.93. The van der Waals surface area contributed by atoms with Gasteiger partial charge in [-0.25, -0.2) is 4.39 Å². The van der Waals surface area contributed by atoms with E-state index in [-0.39, 0.29) is 5.82 Å². The third-order valence-corrected chi connectivity index (χ3v) is 4.21. The van der Waals surface area contributed by atoms with Gasteiger partial charge in [-0.1, -0.05) is 24.3 Å². The van der Waals surface area contributed by atoms with E-state index in [0.717, 1.165) is 22.1 Å². The van der Waals surface area contributed by atoms with Crippen molar-refractivity contribution in [2.75, 3.05) is 11.9 Å². The highest BCUT2D eigenvalue weighted by Gasteiger charge is 2.07. The summed E-state index contributed by atoms with van der Waals surface area (Å²) in [4.78, 5) is 6.21. The van der Waals surface area contributed by atoms with Gasteiger partial charge in [-0.15, -0.1) is 0 Å². The molecule has 0 aliphatic carbocycles. The lowest BCUT2D eigenvalue weighted by Crippen LogP contribution is -2.09. The molecule has 4 rings (SSSR count). The summed E-state index contributed by atoms with van der Waals surface area (Å²) in [5, 5.41) is 4.64. The number of benzene rings is 3. The molecular formula is C20H15FN2. The van der Waals surface area contributed by atoms with Crippen molar-refractivity contribution in [3.05, 3.63) is 78.9 Å². The molecule has 0 spiro atoms. The van der Waals surface area contributed by atoms with Gasteiger partial charge in [0, 0.05) is 36.2 Å². The van der Waals surface area contributed by atoms with Crippen molar-refractivity contribution in [2.24, 2.45) is 0 Å². The summed E-state index contributed by atoms with van der Waals surface area (Å²) >= 11 is 0. The molecule has 0 unspecified atom stereocenters. The number of rotatable bonds is 2. The largest absolute Gasteiger partial charge is 0.345 e. The van der Waals surface area contributed by atoms with Gasteiger partial charge in [0.1, 0.15) is 5.82 Å². The lowest BCUT2D eigenvalue weighted by molar-refractivity contribution is 0.628. The molecule has 0 saturated carbocycles. The fourth-order valence-electron chi connectivity index (χ4n) is 2.93. The first-order valence-electron chi connectivity index (χ1n) is 7.48. The Hall–Kier alpha value is -2.94. The third kappa shape index (κ3) is 2.40. The number of hydrogen-bond acceptors (Lipinski definition) is 2. The molecule has 1 heterocycles. The molecule has 23 heavy (non-hydrogen) atoms. The second kappa shape index (κ2) is 5.36. The summed E-state index contributed by atoms with van der Waals surface area (Å²) in [7, 11) is 1.94. The van der Waals surface area contributed by atoms with Gasteiger partial charge >= 0.3 is 0 Å². The summed E-state index contributed by atoms with van der Waals surface area (Å²) < 4.78 is 13.4. The Morgan fingerprint density at radius 3 is 2.52 bits per heavy atom. The molecule has 0 aliphatic rings. The van der Waals surface area contributed by atoms with Crippen molar-refractivity contribution in [3.8, 4) is 0 Å². The van der Waals surface area contributed by atoms with E-state index in [1.807, 2.05) is 30.3 Å². The van der Waals surface area contributed by atoms with Crippen molar-refractivity contribution in [1.82, 2.24) is 4.98 Å². The first-order valence-corrected chi connectivity index (χ1v) is 7.48. The molecule has 112 valence electrons. The van der Waals surface area contributed by atoms with Crippen LogP contribution in [-0.4, -0.2) is 12.0 Å². The molecule has 0 saturated heterocycles. The standard InChI is InChI=1S/C20H15FN2/c1-23(17-4-2-3-16(21)12-17)18-7-8-19-15(11-18)6-5-14-9-10-22-13-20(14)19/h2-13H,1H3. The average molecular weight is 302 g/mol. The molecule has 0 atom stereocenters. The normalized spacial score (nSPS) is 11.0. The van der Waals surface area contributed by atoms with Gasteiger partial charge in [0.2, 0.25) is 0 Å². The third-order valence-electron chi connectivity index (χ3n) is 4.21. The van der Waals surface area contributed by atoms with Gasteiger partial charge in [0.25, 0.3) is 0 Å². The van der Waals surface area contributed by atoms with Gasteiger partial charge in [-0.2, -0.15) is 0 Å². The Bertz CT molecular complexity index is 1010. The summed E-state index contributed by atoms with van der Waals surface area (Å²) in [6.45, 7) is 0. The zero-order valence-corrected chi connectivity index (χ0v) is 12.7. The number of nitrogens with zero attached hydrogens (tertiary/aromatic N) is 2. The van der Waals surface area contributed by atoms with Crippen LogP contribution >= 0.6 is 0 Å². The van der Waals surface area contributed by atoms with Crippen molar-refractivity contribution < 1.29 is 4.39 Å². The Morgan fingerprint density at radius 2 is 1.65 bits per heavy atom. The van der Waals surface area contributed by atoms with Gasteiger partial charge in [-0.05, 0) is 52.6 Å². The molecular weight excluding hydrogens is 287 g/mol. The van der Waals surface area contributed by atoms with E-state index in [9.17, 15) is 4.39 Å². The maximum absolute atomic E-state index is 13.4. The number of halogens is 1. The number of hydrogen-bond donors (Lipinski definition) is 0. The van der Waals surface area contributed by atoms with Crippen LogP contribution < -0.4 is 4.90 Å². The molecule has 3 aromatic carbocycles. The molecule has 1 aromatic heterocycles. The Labute approximate surface area is 133 Å². The molecule has 2 nitrogen and oxygen atoms in total. The molecule has 4 aromatic rings. The van der Waals surface area contributed by atoms with Crippen LogP contribution in [0.2, 0.25) is 0 Å². The van der Waals surface area contributed by atoms with Crippen LogP contribution in [0.4, 0.5) is 15.8 Å². The van der Waals surface area contributed by atoms with E-state index in [2.05, 4.69) is 35.3 Å². The van der Waals surface area contributed by atoms with Crippen molar-refractivity contribution in [2.45, 2.75) is 0 Å². The average Bonchev–Trinajstić information content (AvgIpc) is 2.60. The molecule has 3 heteroatoms. The van der Waals surface area contributed by atoms with E-state index in [0.29, 0.717) is 0 Å². The maximum Gasteiger partial charge on any atom is 0.125 e. The second-order valence-electron chi connectivity index (χ2n) is 5.61. The van der Waals surface area contributed by atoms with Gasteiger partial charge in [-0.3, -0.25) is 4.98 Å². The van der Waals surface area contributed by atoms with E-state index < -0.39 is 0 Å². The monoisotopic (exact) mass is 302 g/mol. The second-order valence-corrected chi connectivity index (χ2v) is 5.61. The van der Waals surface area contributed by atoms with Gasteiger partial charge in [0.05, 0.1) is 0 Å². The molecule has 0 fully saturated rings. The SMILES string of the molecule is CN(c1cccc(F)c1)c1ccc2c(ccc3ccncc32)c1. The van der Waals surface area contributed by atoms with Crippen molar-refractivity contribution in [1.29, 1.82) is 0 Å². The highest BCUT2D eigenvalue weighted by atomic mass is 19.1. The zero-order chi connectivity index (χ0) is 15.8. The molecule has 0 N–H and O–H groups in total. The first kappa shape index (κ1) is 13.7. The lowest BCUT2D eigenvalue weighted by Gasteiger charge is -2.20. The molecule has 0 radical (unpaired) electrons. The minimum absolute atomic E-state index is 0.229. The number of aromatic nitrogens is 1. The minimum atomic E-state index is -0.229. The van der Waals surface area contributed by atoms with Gasteiger partial charge < -0.3 is 4.90 Å². The van der Waals surface area contributed by atoms with E-state index in [1.165, 1.54) is 22.9 Å². The van der Waals surface area contributed by atoms with E-state index in [1.54, 1.807) is 12.3 Å². The molecule has 0 amide bonds. The lowest BCUT2D eigenvalue weighted by atomic mass is 10.0. The van der Waals surface area contributed by atoms with Crippen LogP contribution in [0.1, 0.15) is 0 Å². The highest BCUT2D eigenvalue weighted by Crippen LogP contribution is 2.30. The summed E-state index contributed by atoms with van der Waals surface area (Å²) in [5.41, 5.74) is 1.85. The topological polar surface area (TPSA) is 16.1 Å². The van der Waals surface area contributed by atoms with Crippen LogP contribution in [0, 0.1) is 5.82 Å². The minimum Gasteiger partial charge on any atom is -0.345 e. The van der Waals surface area contributed by atoms with Crippen LogP contribution in [0.3, 0.4) is 0 Å². The van der Waals surface area contributed by atoms with Crippen molar-refractivity contribution >= 4 is 32.9 Å². The fraction of sp³-hybridized carbons (Fsp3) is 0.0500. The Kier molecular flexibility index (Phi) is 3.19. The van der Waals surface area contributed by atoms with E-state index >= 15 is 0 Å². The quantitative estimate of drug-likeness (QED) is 0.467. The van der Waals surface area contributed by atoms with Crippen LogP contribution in [0.25, 0.3) is 21.5 Å². The van der Waals surface area contributed by atoms with Crippen molar-refractivity contribution in [3.63, 3.8) is 0 Å². The highest BCUT2D eigenvalue weighted by molar-refractivity contribution is 6.07. The van der Waals surface area contributed by atoms with Crippen LogP contribution in [0.15, 0.2) is 73.1 Å². The zero-order valence-electron chi connectivity index (χ0n) is 12.7. The summed E-state index contributed by atoms with van der Waals surface area (Å²) in [5.74, 6) is -0.229. The number of pyridine rings is 1. The Morgan fingerprint density at radius 1 is 0.826 bits per heavy atom. The predicted molar refractivity (Wildman–Crippen MR) is 93.7 cm³/mol. The summed E-state index contributed by atoms with van der Waals surface area (Å²) in [6, 6.07) is 19.1. The maximum atomic E-state index is 13.4. The van der Waals surface area contributed by atoms with Crippen LogP contribution in [0.5, 0.6) is 0 Å². The predicted octanol–water partition coefficient (Wildman–Crippen LogP) is 5.30. The first-order chi connectivity index (χ1) is 11.2. The number of fused-ring (bicyclic) bond motifs is 3. The summed E-state index contributed by atoms with van der Waals surface area (Å²) in [6.07, 6.45) is 3.70. The van der Waals surface area contributed by atoms with Gasteiger partial charge in [0.15, 0.2) is 0 Å². The van der Waals surface area contributed by atoms with Crippen LogP contribution in [-0.2, 0) is 0 Å². The Balaban J connectivity index is 1.84. The molecule has 0 bridgehead atoms.